The van der Waals surface area contributed by atoms with Crippen LogP contribution in [-0.4, -0.2) is 49.3 Å². The second-order valence-corrected chi connectivity index (χ2v) is 6.54. The highest BCUT2D eigenvalue weighted by Crippen LogP contribution is 2.32. The molecule has 0 bridgehead atoms. The molecule has 0 radical (unpaired) electrons. The number of fused-ring (bicyclic) bond motifs is 1. The molecule has 0 aromatic heterocycles. The third-order valence-electron chi connectivity index (χ3n) is 4.43. The Morgan fingerprint density at radius 1 is 1.38 bits per heavy atom. The van der Waals surface area contributed by atoms with E-state index in [9.17, 15) is 4.79 Å². The summed E-state index contributed by atoms with van der Waals surface area (Å²) in [5, 5.41) is 0.677. The van der Waals surface area contributed by atoms with Crippen molar-refractivity contribution in [2.75, 3.05) is 26.2 Å². The van der Waals surface area contributed by atoms with E-state index >= 15 is 0 Å². The van der Waals surface area contributed by atoms with Gasteiger partial charge < -0.3 is 20.1 Å². The van der Waals surface area contributed by atoms with E-state index in [1.165, 1.54) is 0 Å². The molecule has 0 saturated carbocycles. The molecule has 1 unspecified atom stereocenters. The SMILES string of the molecule is Cl.NCCCOC1CCN(C(=O)C2Cc3cc(Cl)ccc3O2)CC1. The third-order valence-corrected chi connectivity index (χ3v) is 4.66. The van der Waals surface area contributed by atoms with Crippen molar-refractivity contribution in [1.82, 2.24) is 4.90 Å². The summed E-state index contributed by atoms with van der Waals surface area (Å²) in [6, 6.07) is 5.50. The zero-order valence-corrected chi connectivity index (χ0v) is 15.2. The lowest BCUT2D eigenvalue weighted by molar-refractivity contribution is -0.140. The molecule has 1 aromatic carbocycles. The zero-order chi connectivity index (χ0) is 16.2. The number of rotatable bonds is 5. The van der Waals surface area contributed by atoms with Crippen molar-refractivity contribution in [2.24, 2.45) is 5.73 Å². The number of likely N-dealkylation sites (tertiary alicyclic amines) is 1. The summed E-state index contributed by atoms with van der Waals surface area (Å²) < 4.78 is 11.6. The molecule has 2 aliphatic rings. The van der Waals surface area contributed by atoms with Gasteiger partial charge in [0.05, 0.1) is 6.10 Å². The van der Waals surface area contributed by atoms with Gasteiger partial charge in [0.15, 0.2) is 6.10 Å². The van der Waals surface area contributed by atoms with E-state index in [2.05, 4.69) is 0 Å². The Bertz CT molecular complexity index is 563. The molecule has 7 heteroatoms. The number of ether oxygens (including phenoxy) is 2. The molecule has 5 nitrogen and oxygen atoms in total. The number of carbonyl (C=O) groups excluding carboxylic acids is 1. The van der Waals surface area contributed by atoms with Gasteiger partial charge >= 0.3 is 0 Å². The van der Waals surface area contributed by atoms with Gasteiger partial charge in [0, 0.05) is 31.1 Å². The first-order valence-electron chi connectivity index (χ1n) is 8.23. The van der Waals surface area contributed by atoms with Crippen LogP contribution in [0.5, 0.6) is 5.75 Å². The summed E-state index contributed by atoms with van der Waals surface area (Å²) in [6.45, 7) is 2.81. The average Bonchev–Trinajstić information content (AvgIpc) is 2.98. The van der Waals surface area contributed by atoms with Crippen LogP contribution in [0, 0.1) is 0 Å². The molecule has 134 valence electrons. The van der Waals surface area contributed by atoms with Crippen molar-refractivity contribution >= 4 is 29.9 Å². The number of benzene rings is 1. The number of nitrogens with two attached hydrogens (primary N) is 1. The van der Waals surface area contributed by atoms with Crippen LogP contribution in [0.3, 0.4) is 0 Å². The maximum absolute atomic E-state index is 12.6. The molecule has 3 rings (SSSR count). The van der Waals surface area contributed by atoms with Gasteiger partial charge in [-0.2, -0.15) is 0 Å². The van der Waals surface area contributed by atoms with E-state index in [0.29, 0.717) is 24.6 Å². The molecule has 2 heterocycles. The standard InChI is InChI=1S/C17H23ClN2O3.ClH/c18-13-2-3-15-12(10-13)11-16(23-15)17(21)20-7-4-14(5-8-20)22-9-1-6-19;/h2-3,10,14,16H,1,4-9,11,19H2;1H. The maximum atomic E-state index is 12.6. The number of carbonyl (C=O) groups is 1. The van der Waals surface area contributed by atoms with E-state index in [1.54, 1.807) is 6.07 Å². The molecular formula is C17H24Cl2N2O3. The molecular weight excluding hydrogens is 351 g/mol. The highest BCUT2D eigenvalue weighted by Gasteiger charge is 2.34. The first-order valence-corrected chi connectivity index (χ1v) is 8.60. The van der Waals surface area contributed by atoms with Crippen LogP contribution in [0.4, 0.5) is 0 Å². The largest absolute Gasteiger partial charge is 0.480 e. The second-order valence-electron chi connectivity index (χ2n) is 6.10. The average molecular weight is 375 g/mol. The first-order chi connectivity index (χ1) is 11.2. The van der Waals surface area contributed by atoms with Crippen molar-refractivity contribution in [2.45, 2.75) is 37.9 Å². The van der Waals surface area contributed by atoms with Gasteiger partial charge in [-0.15, -0.1) is 12.4 Å². The van der Waals surface area contributed by atoms with Gasteiger partial charge in [0.25, 0.3) is 5.91 Å². The number of nitrogens with zero attached hydrogens (tertiary/aromatic N) is 1. The molecule has 24 heavy (non-hydrogen) atoms. The molecule has 0 aliphatic carbocycles. The van der Waals surface area contributed by atoms with Crippen molar-refractivity contribution in [1.29, 1.82) is 0 Å². The zero-order valence-electron chi connectivity index (χ0n) is 13.6. The van der Waals surface area contributed by atoms with E-state index < -0.39 is 6.10 Å². The minimum Gasteiger partial charge on any atom is -0.480 e. The summed E-state index contributed by atoms with van der Waals surface area (Å²) >= 11 is 5.99. The monoisotopic (exact) mass is 374 g/mol. The van der Waals surface area contributed by atoms with E-state index in [-0.39, 0.29) is 24.4 Å². The van der Waals surface area contributed by atoms with Gasteiger partial charge in [-0.25, -0.2) is 0 Å². The van der Waals surface area contributed by atoms with Crippen LogP contribution in [0.25, 0.3) is 0 Å². The normalized spacial score (nSPS) is 20.2. The summed E-state index contributed by atoms with van der Waals surface area (Å²) in [7, 11) is 0. The van der Waals surface area contributed by atoms with Crippen LogP contribution in [0.1, 0.15) is 24.8 Å². The van der Waals surface area contributed by atoms with Gasteiger partial charge in [-0.05, 0) is 49.6 Å². The van der Waals surface area contributed by atoms with E-state index in [4.69, 9.17) is 26.8 Å². The molecule has 2 aliphatic heterocycles. The van der Waals surface area contributed by atoms with Gasteiger partial charge in [-0.1, -0.05) is 11.6 Å². The molecule has 1 atom stereocenters. The van der Waals surface area contributed by atoms with Crippen LogP contribution in [0.2, 0.25) is 5.02 Å². The van der Waals surface area contributed by atoms with Crippen LogP contribution in [-0.2, 0) is 16.0 Å². The fraction of sp³-hybridized carbons (Fsp3) is 0.588. The van der Waals surface area contributed by atoms with Crippen molar-refractivity contribution in [3.63, 3.8) is 0 Å². The lowest BCUT2D eigenvalue weighted by atomic mass is 10.1. The Hall–Kier alpha value is -1.01. The molecule has 0 spiro atoms. The molecule has 1 fully saturated rings. The highest BCUT2D eigenvalue weighted by molar-refractivity contribution is 6.30. The number of hydrogen-bond acceptors (Lipinski definition) is 4. The third kappa shape index (κ3) is 4.54. The van der Waals surface area contributed by atoms with E-state index in [0.717, 1.165) is 43.7 Å². The fourth-order valence-electron chi connectivity index (χ4n) is 3.13. The number of amides is 1. The topological polar surface area (TPSA) is 64.8 Å². The van der Waals surface area contributed by atoms with E-state index in [1.807, 2.05) is 17.0 Å². The highest BCUT2D eigenvalue weighted by atomic mass is 35.5. The first kappa shape index (κ1) is 19.3. The Labute approximate surface area is 153 Å². The van der Waals surface area contributed by atoms with Crippen molar-refractivity contribution < 1.29 is 14.3 Å². The molecule has 1 saturated heterocycles. The smallest absolute Gasteiger partial charge is 0.263 e. The van der Waals surface area contributed by atoms with Crippen molar-refractivity contribution in [3.8, 4) is 5.75 Å². The lowest BCUT2D eigenvalue weighted by Crippen LogP contribution is -2.46. The van der Waals surface area contributed by atoms with Gasteiger partial charge in [0.1, 0.15) is 5.75 Å². The van der Waals surface area contributed by atoms with Crippen LogP contribution < -0.4 is 10.5 Å². The summed E-state index contributed by atoms with van der Waals surface area (Å²) in [5.74, 6) is 0.838. The Balaban J connectivity index is 0.00000208. The van der Waals surface area contributed by atoms with Crippen LogP contribution in [0.15, 0.2) is 18.2 Å². The summed E-state index contributed by atoms with van der Waals surface area (Å²) in [6.07, 6.45) is 3.06. The number of piperidine rings is 1. The predicted octanol–water partition coefficient (Wildman–Crippen LogP) is 2.42. The summed E-state index contributed by atoms with van der Waals surface area (Å²) in [5.41, 5.74) is 6.48. The minimum atomic E-state index is -0.418. The minimum absolute atomic E-state index is 0. The predicted molar refractivity (Wildman–Crippen MR) is 96.0 cm³/mol. The Morgan fingerprint density at radius 2 is 2.12 bits per heavy atom. The Kier molecular flexibility index (Phi) is 7.16. The maximum Gasteiger partial charge on any atom is 0.263 e. The molecule has 1 aromatic rings. The van der Waals surface area contributed by atoms with Gasteiger partial charge in [-0.3, -0.25) is 4.79 Å². The summed E-state index contributed by atoms with van der Waals surface area (Å²) in [4.78, 5) is 14.5. The quantitative estimate of drug-likeness (QED) is 0.803. The van der Waals surface area contributed by atoms with Crippen LogP contribution >= 0.6 is 24.0 Å². The molecule has 1 amide bonds. The molecule has 2 N–H and O–H groups in total. The Morgan fingerprint density at radius 3 is 2.83 bits per heavy atom. The fourth-order valence-corrected chi connectivity index (χ4v) is 3.33. The number of halogens is 2. The van der Waals surface area contributed by atoms with Crippen molar-refractivity contribution in [3.05, 3.63) is 28.8 Å². The van der Waals surface area contributed by atoms with Gasteiger partial charge in [0.2, 0.25) is 0 Å². The number of hydrogen-bond donors (Lipinski definition) is 1. The second kappa shape index (κ2) is 8.90. The lowest BCUT2D eigenvalue weighted by Gasteiger charge is -2.33.